The average molecular weight is 337 g/mol. The number of benzene rings is 1. The van der Waals surface area contributed by atoms with Crippen LogP contribution in [-0.4, -0.2) is 40.4 Å². The lowest BCUT2D eigenvalue weighted by Crippen LogP contribution is -2.48. The Kier molecular flexibility index (Phi) is 6.39. The molecule has 0 heterocycles. The van der Waals surface area contributed by atoms with E-state index in [2.05, 4.69) is 10.6 Å². The molecule has 0 saturated heterocycles. The van der Waals surface area contributed by atoms with E-state index in [1.165, 1.54) is 25.1 Å². The third-order valence-electron chi connectivity index (χ3n) is 3.31. The summed E-state index contributed by atoms with van der Waals surface area (Å²) >= 11 is 0. The number of nitrogens with one attached hydrogen (secondary N) is 2. The molecule has 0 aliphatic carbocycles. The number of carbonyl (C=O) groups is 3. The summed E-state index contributed by atoms with van der Waals surface area (Å²) in [6, 6.07) is 2.80. The highest BCUT2D eigenvalue weighted by Gasteiger charge is 2.23. The summed E-state index contributed by atoms with van der Waals surface area (Å²) in [6.45, 7) is 4.40. The highest BCUT2D eigenvalue weighted by Crippen LogP contribution is 2.18. The molecule has 0 aliphatic rings. The van der Waals surface area contributed by atoms with E-state index in [4.69, 9.17) is 5.11 Å². The molecule has 0 fully saturated rings. The van der Waals surface area contributed by atoms with Gasteiger partial charge in [-0.1, -0.05) is 13.8 Å². The lowest BCUT2D eigenvalue weighted by atomic mass is 10.0. The average Bonchev–Trinajstić information content (AvgIpc) is 2.49. The molecule has 24 heavy (non-hydrogen) atoms. The molecule has 0 bridgehead atoms. The highest BCUT2D eigenvalue weighted by molar-refractivity contribution is 5.97. The number of aryl methyl sites for hydroxylation is 1. The number of aliphatic carboxylic acids is 1. The molecule has 1 rings (SSSR count). The van der Waals surface area contributed by atoms with Crippen LogP contribution < -0.4 is 10.6 Å². The van der Waals surface area contributed by atoms with Crippen molar-refractivity contribution in [2.24, 2.45) is 5.92 Å². The third-order valence-corrected chi connectivity index (χ3v) is 3.31. The van der Waals surface area contributed by atoms with Gasteiger partial charge in [0.2, 0.25) is 5.91 Å². The maximum absolute atomic E-state index is 12.0. The van der Waals surface area contributed by atoms with Gasteiger partial charge in [-0.05, 0) is 25.0 Å². The summed E-state index contributed by atoms with van der Waals surface area (Å²) < 4.78 is 0. The fourth-order valence-electron chi connectivity index (χ4n) is 2.00. The Morgan fingerprint density at radius 3 is 2.38 bits per heavy atom. The van der Waals surface area contributed by atoms with Crippen LogP contribution in [0.25, 0.3) is 0 Å². The predicted molar refractivity (Wildman–Crippen MR) is 84.6 cm³/mol. The summed E-state index contributed by atoms with van der Waals surface area (Å²) in [4.78, 5) is 44.9. The van der Waals surface area contributed by atoms with E-state index in [9.17, 15) is 24.5 Å². The summed E-state index contributed by atoms with van der Waals surface area (Å²) in [5.74, 6) is -2.68. The number of carboxylic acids is 1. The van der Waals surface area contributed by atoms with Crippen LogP contribution in [0.1, 0.15) is 29.8 Å². The van der Waals surface area contributed by atoms with E-state index in [1.54, 1.807) is 13.8 Å². The van der Waals surface area contributed by atoms with Gasteiger partial charge >= 0.3 is 5.97 Å². The molecule has 0 saturated carbocycles. The maximum Gasteiger partial charge on any atom is 0.326 e. The van der Waals surface area contributed by atoms with Crippen molar-refractivity contribution >= 4 is 23.5 Å². The van der Waals surface area contributed by atoms with E-state index in [0.29, 0.717) is 5.56 Å². The quantitative estimate of drug-likeness (QED) is 0.498. The largest absolute Gasteiger partial charge is 0.480 e. The molecule has 1 aromatic carbocycles. The Labute approximate surface area is 138 Å². The fraction of sp³-hybridized carbons (Fsp3) is 0.400. The summed E-state index contributed by atoms with van der Waals surface area (Å²) in [5.41, 5.74) is 0.387. The molecular weight excluding hydrogens is 318 g/mol. The van der Waals surface area contributed by atoms with Crippen LogP contribution in [0.4, 0.5) is 5.69 Å². The maximum atomic E-state index is 12.0. The number of nitrogens with zero attached hydrogens (tertiary/aromatic N) is 1. The van der Waals surface area contributed by atoms with Crippen molar-refractivity contribution in [2.45, 2.75) is 26.8 Å². The van der Waals surface area contributed by atoms with Crippen molar-refractivity contribution in [3.63, 3.8) is 0 Å². The highest BCUT2D eigenvalue weighted by atomic mass is 16.6. The standard InChI is InChI=1S/C15H19N3O6/c1-8(2)13(15(21)22)17-12(19)7-16-14(20)10-4-5-11(18(23)24)9(3)6-10/h4-6,8,13H,7H2,1-3H3,(H,16,20)(H,17,19)(H,21,22)/t13-/m1/s1. The van der Waals surface area contributed by atoms with Crippen molar-refractivity contribution in [3.05, 3.63) is 39.4 Å². The van der Waals surface area contributed by atoms with Crippen molar-refractivity contribution in [1.82, 2.24) is 10.6 Å². The van der Waals surface area contributed by atoms with Gasteiger partial charge in [-0.3, -0.25) is 19.7 Å². The van der Waals surface area contributed by atoms with E-state index in [1.807, 2.05) is 0 Å². The van der Waals surface area contributed by atoms with Crippen molar-refractivity contribution in [1.29, 1.82) is 0 Å². The second kappa shape index (κ2) is 8.04. The zero-order valence-electron chi connectivity index (χ0n) is 13.5. The molecule has 0 aliphatic heterocycles. The van der Waals surface area contributed by atoms with Crippen LogP contribution in [0.15, 0.2) is 18.2 Å². The fourth-order valence-corrected chi connectivity index (χ4v) is 2.00. The number of nitro benzene ring substituents is 1. The third kappa shape index (κ3) is 5.04. The number of rotatable bonds is 7. The monoisotopic (exact) mass is 337 g/mol. The minimum absolute atomic E-state index is 0.106. The Balaban J connectivity index is 2.66. The molecular formula is C15H19N3O6. The molecule has 130 valence electrons. The van der Waals surface area contributed by atoms with Gasteiger partial charge in [0.1, 0.15) is 6.04 Å². The van der Waals surface area contributed by atoms with Gasteiger partial charge in [-0.25, -0.2) is 4.79 Å². The second-order valence-electron chi connectivity index (χ2n) is 5.57. The summed E-state index contributed by atoms with van der Waals surface area (Å²) in [6.07, 6.45) is 0. The van der Waals surface area contributed by atoms with E-state index in [-0.39, 0.29) is 17.2 Å². The minimum Gasteiger partial charge on any atom is -0.480 e. The number of amides is 2. The lowest BCUT2D eigenvalue weighted by Gasteiger charge is -2.18. The van der Waals surface area contributed by atoms with Gasteiger partial charge in [0, 0.05) is 17.2 Å². The van der Waals surface area contributed by atoms with Crippen LogP contribution in [0.5, 0.6) is 0 Å². The first-order valence-electron chi connectivity index (χ1n) is 7.19. The summed E-state index contributed by atoms with van der Waals surface area (Å²) in [5, 5.41) is 24.4. The van der Waals surface area contributed by atoms with Gasteiger partial charge < -0.3 is 15.7 Å². The first-order valence-corrected chi connectivity index (χ1v) is 7.19. The lowest BCUT2D eigenvalue weighted by molar-refractivity contribution is -0.385. The van der Waals surface area contributed by atoms with E-state index in [0.717, 1.165) is 0 Å². The number of hydrogen-bond donors (Lipinski definition) is 3. The first kappa shape index (κ1) is 19.1. The molecule has 0 radical (unpaired) electrons. The van der Waals surface area contributed by atoms with E-state index >= 15 is 0 Å². The van der Waals surface area contributed by atoms with Gasteiger partial charge in [-0.15, -0.1) is 0 Å². The number of carboxylic acid groups (broad SMARTS) is 1. The van der Waals surface area contributed by atoms with Crippen LogP contribution >= 0.6 is 0 Å². The van der Waals surface area contributed by atoms with Gasteiger partial charge in [-0.2, -0.15) is 0 Å². The zero-order chi connectivity index (χ0) is 18.4. The van der Waals surface area contributed by atoms with E-state index < -0.39 is 35.3 Å². The molecule has 0 aromatic heterocycles. The Hall–Kier alpha value is -2.97. The van der Waals surface area contributed by atoms with Crippen molar-refractivity contribution < 1.29 is 24.4 Å². The molecule has 9 heteroatoms. The predicted octanol–water partition coefficient (Wildman–Crippen LogP) is 0.858. The molecule has 3 N–H and O–H groups in total. The Morgan fingerprint density at radius 2 is 1.92 bits per heavy atom. The topological polar surface area (TPSA) is 139 Å². The van der Waals surface area contributed by atoms with Crippen molar-refractivity contribution in [2.75, 3.05) is 6.54 Å². The normalized spacial score (nSPS) is 11.7. The van der Waals surface area contributed by atoms with Crippen molar-refractivity contribution in [3.8, 4) is 0 Å². The molecule has 1 aromatic rings. The minimum atomic E-state index is -1.16. The molecule has 9 nitrogen and oxygen atoms in total. The zero-order valence-corrected chi connectivity index (χ0v) is 13.5. The van der Waals surface area contributed by atoms with Gasteiger partial charge in [0.25, 0.3) is 11.6 Å². The number of carbonyl (C=O) groups excluding carboxylic acids is 2. The Bertz CT molecular complexity index is 671. The Morgan fingerprint density at radius 1 is 1.29 bits per heavy atom. The van der Waals surface area contributed by atoms with Crippen LogP contribution in [0.3, 0.4) is 0 Å². The smallest absolute Gasteiger partial charge is 0.326 e. The number of nitro groups is 1. The van der Waals surface area contributed by atoms with Crippen LogP contribution in [0, 0.1) is 23.0 Å². The van der Waals surface area contributed by atoms with Gasteiger partial charge in [0.15, 0.2) is 0 Å². The second-order valence-corrected chi connectivity index (χ2v) is 5.57. The van der Waals surface area contributed by atoms with Gasteiger partial charge in [0.05, 0.1) is 11.5 Å². The molecule has 2 amide bonds. The molecule has 1 atom stereocenters. The first-order chi connectivity index (χ1) is 11.1. The SMILES string of the molecule is Cc1cc(C(=O)NCC(=O)N[C@@H](C(=O)O)C(C)C)ccc1[N+](=O)[O-]. The molecule has 0 unspecified atom stereocenters. The summed E-state index contributed by atoms with van der Waals surface area (Å²) in [7, 11) is 0. The van der Waals surface area contributed by atoms with Crippen LogP contribution in [0.2, 0.25) is 0 Å². The number of hydrogen-bond acceptors (Lipinski definition) is 5. The molecule has 0 spiro atoms. The van der Waals surface area contributed by atoms with Crippen LogP contribution in [-0.2, 0) is 9.59 Å².